The number of rotatable bonds is 11. The van der Waals surface area contributed by atoms with Gasteiger partial charge in [-0.3, -0.25) is 4.79 Å². The molecule has 3 aromatic carbocycles. The number of halogens is 1. The topological polar surface area (TPSA) is 55.8 Å². The summed E-state index contributed by atoms with van der Waals surface area (Å²) in [5.41, 5.74) is 5.04. The first-order valence-electron chi connectivity index (χ1n) is 15.3. The van der Waals surface area contributed by atoms with Gasteiger partial charge in [-0.2, -0.15) is 0 Å². The van der Waals surface area contributed by atoms with Gasteiger partial charge in [0.1, 0.15) is 23.9 Å². The molecule has 2 saturated carbocycles. The molecule has 4 nitrogen and oxygen atoms in total. The van der Waals surface area contributed by atoms with Crippen molar-refractivity contribution in [3.63, 3.8) is 0 Å². The van der Waals surface area contributed by atoms with Crippen molar-refractivity contribution in [2.45, 2.75) is 91.1 Å². The lowest BCUT2D eigenvalue weighted by atomic mass is 9.59. The first-order chi connectivity index (χ1) is 19.9. The average molecular weight is 573 g/mol. The summed E-state index contributed by atoms with van der Waals surface area (Å²) in [4.78, 5) is 11.5. The Kier molecular flexibility index (Phi) is 8.68. The van der Waals surface area contributed by atoms with Gasteiger partial charge in [-0.05, 0) is 107 Å². The number of carbonyl (C=O) groups is 1. The van der Waals surface area contributed by atoms with Crippen molar-refractivity contribution < 1.29 is 23.8 Å². The van der Waals surface area contributed by atoms with E-state index in [1.54, 1.807) is 19.2 Å². The molecule has 0 bridgehead atoms. The van der Waals surface area contributed by atoms with E-state index in [4.69, 9.17) is 9.47 Å². The second-order valence-electron chi connectivity index (χ2n) is 14.2. The maximum atomic E-state index is 15.3. The number of benzene rings is 3. The lowest BCUT2D eigenvalue weighted by Gasteiger charge is -2.45. The van der Waals surface area contributed by atoms with Crippen LogP contribution in [0, 0.1) is 22.6 Å². The molecule has 3 aromatic rings. The van der Waals surface area contributed by atoms with Gasteiger partial charge in [-0.1, -0.05) is 70.9 Å². The summed E-state index contributed by atoms with van der Waals surface area (Å²) in [6, 6.07) is 19.1. The van der Waals surface area contributed by atoms with Crippen molar-refractivity contribution in [1.82, 2.24) is 0 Å². The fourth-order valence-corrected chi connectivity index (χ4v) is 7.52. The highest BCUT2D eigenvalue weighted by molar-refractivity contribution is 5.71. The third-order valence-corrected chi connectivity index (χ3v) is 9.05. The average Bonchev–Trinajstić information content (AvgIpc) is 3.74. The summed E-state index contributed by atoms with van der Waals surface area (Å²) in [5.74, 6) is 1.28. The van der Waals surface area contributed by atoms with Crippen LogP contribution in [0.25, 0.3) is 11.1 Å². The van der Waals surface area contributed by atoms with Gasteiger partial charge in [0, 0.05) is 5.56 Å². The zero-order chi connectivity index (χ0) is 30.1. The van der Waals surface area contributed by atoms with Crippen LogP contribution in [0.5, 0.6) is 11.5 Å². The van der Waals surface area contributed by atoms with Crippen LogP contribution in [-0.2, 0) is 11.4 Å². The van der Waals surface area contributed by atoms with Crippen LogP contribution in [0.15, 0.2) is 60.7 Å². The molecule has 2 fully saturated rings. The van der Waals surface area contributed by atoms with E-state index in [1.165, 1.54) is 18.9 Å². The van der Waals surface area contributed by atoms with Gasteiger partial charge in [-0.25, -0.2) is 4.39 Å². The van der Waals surface area contributed by atoms with Gasteiger partial charge in [0.2, 0.25) is 0 Å². The van der Waals surface area contributed by atoms with Crippen LogP contribution in [0.4, 0.5) is 4.39 Å². The first kappa shape index (κ1) is 30.1. The molecule has 224 valence electrons. The largest absolute Gasteiger partial charge is 0.497 e. The van der Waals surface area contributed by atoms with Crippen LogP contribution in [0.2, 0.25) is 0 Å². The van der Waals surface area contributed by atoms with E-state index in [1.807, 2.05) is 36.4 Å². The third-order valence-electron chi connectivity index (χ3n) is 9.05. The van der Waals surface area contributed by atoms with E-state index < -0.39 is 5.97 Å². The fourth-order valence-electron chi connectivity index (χ4n) is 7.52. The van der Waals surface area contributed by atoms with E-state index >= 15 is 4.39 Å². The molecular formula is C37H45FO4. The Morgan fingerprint density at radius 3 is 2.36 bits per heavy atom. The normalized spacial score (nSPS) is 18.8. The second kappa shape index (κ2) is 12.1. The van der Waals surface area contributed by atoms with E-state index in [9.17, 15) is 9.90 Å². The number of hydrogen-bond acceptors (Lipinski definition) is 3. The molecule has 1 N–H and O–H groups in total. The van der Waals surface area contributed by atoms with Gasteiger partial charge in [-0.15, -0.1) is 0 Å². The van der Waals surface area contributed by atoms with Gasteiger partial charge >= 0.3 is 5.97 Å². The zero-order valence-electron chi connectivity index (χ0n) is 25.7. The van der Waals surface area contributed by atoms with Gasteiger partial charge in [0.15, 0.2) is 0 Å². The molecule has 0 saturated heterocycles. The highest BCUT2D eigenvalue weighted by atomic mass is 19.1. The van der Waals surface area contributed by atoms with E-state index in [0.29, 0.717) is 23.8 Å². The van der Waals surface area contributed by atoms with Crippen molar-refractivity contribution in [3.05, 3.63) is 83.2 Å². The zero-order valence-corrected chi connectivity index (χ0v) is 25.7. The highest BCUT2D eigenvalue weighted by Gasteiger charge is 2.40. The summed E-state index contributed by atoms with van der Waals surface area (Å²) in [5, 5.41) is 9.49. The molecule has 2 aliphatic carbocycles. The number of ether oxygens (including phenoxy) is 2. The molecule has 0 aliphatic heterocycles. The van der Waals surface area contributed by atoms with Crippen LogP contribution in [-0.4, -0.2) is 18.2 Å². The first-order valence-corrected chi connectivity index (χ1v) is 15.3. The molecule has 0 heterocycles. The number of carboxylic acids is 1. The van der Waals surface area contributed by atoms with E-state index in [-0.39, 0.29) is 34.9 Å². The maximum absolute atomic E-state index is 15.3. The summed E-state index contributed by atoms with van der Waals surface area (Å²) in [6.45, 7) is 9.74. The van der Waals surface area contributed by atoms with Crippen LogP contribution >= 0.6 is 0 Å². The second-order valence-corrected chi connectivity index (χ2v) is 14.2. The molecule has 0 spiro atoms. The van der Waals surface area contributed by atoms with E-state index in [2.05, 4.69) is 33.8 Å². The monoisotopic (exact) mass is 572 g/mol. The number of methoxy groups -OCH3 is 1. The minimum atomic E-state index is -0.763. The Morgan fingerprint density at radius 2 is 1.69 bits per heavy atom. The Balaban J connectivity index is 1.44. The molecule has 0 amide bonds. The van der Waals surface area contributed by atoms with Gasteiger partial charge < -0.3 is 14.6 Å². The fraction of sp³-hybridized carbons (Fsp3) is 0.486. The third kappa shape index (κ3) is 7.53. The Morgan fingerprint density at radius 1 is 0.952 bits per heavy atom. The predicted molar refractivity (Wildman–Crippen MR) is 166 cm³/mol. The summed E-state index contributed by atoms with van der Waals surface area (Å²) in [6.07, 6.45) is 6.66. The number of hydrogen-bond donors (Lipinski definition) is 1. The van der Waals surface area contributed by atoms with E-state index in [0.717, 1.165) is 53.7 Å². The lowest BCUT2D eigenvalue weighted by molar-refractivity contribution is -0.137. The SMILES string of the molecule is COc1ccc(F)c(-c2ccc(COc3cccc([C@H](CC(=O)O)CC4CC4)c3)cc2C2CC(C)(C)CC(C)(C)C2)c1. The lowest BCUT2D eigenvalue weighted by Crippen LogP contribution is -2.33. The Hall–Kier alpha value is -3.34. The summed E-state index contributed by atoms with van der Waals surface area (Å²) in [7, 11) is 1.61. The van der Waals surface area contributed by atoms with Crippen molar-refractivity contribution in [1.29, 1.82) is 0 Å². The maximum Gasteiger partial charge on any atom is 0.303 e. The summed E-state index contributed by atoms with van der Waals surface area (Å²) >= 11 is 0. The van der Waals surface area contributed by atoms with Crippen molar-refractivity contribution >= 4 is 5.97 Å². The van der Waals surface area contributed by atoms with Crippen LogP contribution in [0.1, 0.15) is 101 Å². The van der Waals surface area contributed by atoms with Crippen molar-refractivity contribution in [3.8, 4) is 22.6 Å². The van der Waals surface area contributed by atoms with Crippen LogP contribution in [0.3, 0.4) is 0 Å². The van der Waals surface area contributed by atoms with Crippen molar-refractivity contribution in [2.75, 3.05) is 7.11 Å². The molecule has 2 aliphatic rings. The smallest absolute Gasteiger partial charge is 0.303 e. The minimum Gasteiger partial charge on any atom is -0.497 e. The Bertz CT molecular complexity index is 1410. The number of carboxylic acid groups (broad SMARTS) is 1. The van der Waals surface area contributed by atoms with Gasteiger partial charge in [0.25, 0.3) is 0 Å². The number of aliphatic carboxylic acids is 1. The molecule has 0 aromatic heterocycles. The molecule has 1 atom stereocenters. The quantitative estimate of drug-likeness (QED) is 0.248. The molecule has 5 heteroatoms. The predicted octanol–water partition coefficient (Wildman–Crippen LogP) is 9.76. The molecule has 0 radical (unpaired) electrons. The Labute approximate surface area is 250 Å². The standard InChI is InChI=1S/C37H45FO4/c1-36(2)20-28(21-37(3,4)23-36)32-16-25(11-13-31(32)33-19-29(41-5)12-14-34(33)38)22-42-30-8-6-7-26(17-30)27(18-35(39)40)15-24-9-10-24/h6-8,11-14,16-17,19,24,27-28H,9-10,15,18,20-23H2,1-5H3,(H,39,40)/t27-/m0/s1. The summed E-state index contributed by atoms with van der Waals surface area (Å²) < 4.78 is 27.0. The molecule has 5 rings (SSSR count). The van der Waals surface area contributed by atoms with Crippen LogP contribution < -0.4 is 9.47 Å². The highest BCUT2D eigenvalue weighted by Crippen LogP contribution is 2.53. The molecule has 0 unspecified atom stereocenters. The van der Waals surface area contributed by atoms with Gasteiger partial charge in [0.05, 0.1) is 13.5 Å². The molecular weight excluding hydrogens is 527 g/mol. The van der Waals surface area contributed by atoms with Crippen molar-refractivity contribution in [2.24, 2.45) is 16.7 Å². The minimum absolute atomic E-state index is 0.000191. The molecule has 42 heavy (non-hydrogen) atoms.